The molecule has 1 aromatic heterocycles. The van der Waals surface area contributed by atoms with Crippen LogP contribution in [0.2, 0.25) is 0 Å². The summed E-state index contributed by atoms with van der Waals surface area (Å²) in [6.45, 7) is 8.17. The highest BCUT2D eigenvalue weighted by Gasteiger charge is 2.23. The van der Waals surface area contributed by atoms with Crippen molar-refractivity contribution in [1.29, 1.82) is 0 Å². The molecule has 1 atom stereocenters. The number of carbonyl (C=O) groups excluding carboxylic acids is 1. The number of methoxy groups -OCH3 is 1. The summed E-state index contributed by atoms with van der Waals surface area (Å²) in [5.41, 5.74) is 4.91. The minimum atomic E-state index is -0.389. The third kappa shape index (κ3) is 5.41. The first kappa shape index (κ1) is 24.5. The number of hydrogen-bond acceptors (Lipinski definition) is 5. The maximum absolute atomic E-state index is 13.2. The molecule has 0 spiro atoms. The van der Waals surface area contributed by atoms with E-state index in [-0.39, 0.29) is 11.2 Å². The number of amides is 1. The predicted octanol–water partition coefficient (Wildman–Crippen LogP) is 6.49. The molecule has 0 bridgehead atoms. The maximum Gasteiger partial charge on any atom is 0.237 e. The second kappa shape index (κ2) is 10.8. The van der Waals surface area contributed by atoms with Crippen LogP contribution in [0.25, 0.3) is 17.1 Å². The number of hydrogen-bond donors (Lipinski definition) is 1. The fourth-order valence-corrected chi connectivity index (χ4v) is 4.73. The van der Waals surface area contributed by atoms with Crippen molar-refractivity contribution < 1.29 is 9.53 Å². The van der Waals surface area contributed by atoms with E-state index in [2.05, 4.69) is 35.4 Å². The molecular formula is C28H30N4O2S. The van der Waals surface area contributed by atoms with Gasteiger partial charge in [-0.25, -0.2) is 0 Å². The zero-order chi connectivity index (χ0) is 24.9. The number of ether oxygens (including phenoxy) is 1. The quantitative estimate of drug-likeness (QED) is 0.288. The molecule has 0 fully saturated rings. The van der Waals surface area contributed by atoms with Gasteiger partial charge >= 0.3 is 0 Å². The lowest BCUT2D eigenvalue weighted by molar-refractivity contribution is -0.115. The number of para-hydroxylation sites is 1. The van der Waals surface area contributed by atoms with Gasteiger partial charge in [-0.2, -0.15) is 0 Å². The summed E-state index contributed by atoms with van der Waals surface area (Å²) < 4.78 is 7.30. The molecule has 0 saturated carbocycles. The SMILES string of the molecule is COc1ccc(-n2c(SC(C)C(=O)Nc3c(C)cccc3C(C)C)nnc2-c2ccccc2)cc1. The van der Waals surface area contributed by atoms with Gasteiger partial charge < -0.3 is 10.1 Å². The molecule has 1 N–H and O–H groups in total. The number of anilines is 1. The smallest absolute Gasteiger partial charge is 0.237 e. The fraction of sp³-hybridized carbons (Fsp3) is 0.250. The molecule has 4 rings (SSSR count). The molecule has 6 nitrogen and oxygen atoms in total. The van der Waals surface area contributed by atoms with Crippen LogP contribution < -0.4 is 10.1 Å². The van der Waals surface area contributed by atoms with Crippen molar-refractivity contribution >= 4 is 23.4 Å². The largest absolute Gasteiger partial charge is 0.497 e. The van der Waals surface area contributed by atoms with Gasteiger partial charge in [0.15, 0.2) is 11.0 Å². The van der Waals surface area contributed by atoms with Crippen molar-refractivity contribution in [3.05, 3.63) is 83.9 Å². The summed E-state index contributed by atoms with van der Waals surface area (Å²) >= 11 is 1.38. The van der Waals surface area contributed by atoms with E-state index < -0.39 is 0 Å². The van der Waals surface area contributed by atoms with Crippen molar-refractivity contribution in [3.63, 3.8) is 0 Å². The van der Waals surface area contributed by atoms with Gasteiger partial charge in [0, 0.05) is 16.9 Å². The average Bonchev–Trinajstić information content (AvgIpc) is 3.29. The zero-order valence-electron chi connectivity index (χ0n) is 20.6. The first-order chi connectivity index (χ1) is 16.9. The van der Waals surface area contributed by atoms with Crippen molar-refractivity contribution in [3.8, 4) is 22.8 Å². The van der Waals surface area contributed by atoms with Gasteiger partial charge in [-0.1, -0.05) is 74.1 Å². The Morgan fingerprint density at radius 2 is 1.66 bits per heavy atom. The molecule has 4 aromatic rings. The number of rotatable bonds is 8. The maximum atomic E-state index is 13.2. The lowest BCUT2D eigenvalue weighted by Gasteiger charge is -2.19. The Balaban J connectivity index is 1.65. The van der Waals surface area contributed by atoms with Gasteiger partial charge in [-0.3, -0.25) is 9.36 Å². The van der Waals surface area contributed by atoms with Gasteiger partial charge in [0.1, 0.15) is 5.75 Å². The van der Waals surface area contributed by atoms with Crippen molar-refractivity contribution in [2.45, 2.75) is 44.0 Å². The molecule has 180 valence electrons. The van der Waals surface area contributed by atoms with E-state index in [1.165, 1.54) is 11.8 Å². The Morgan fingerprint density at radius 3 is 2.31 bits per heavy atom. The van der Waals surface area contributed by atoms with Crippen LogP contribution in [0.4, 0.5) is 5.69 Å². The number of thioether (sulfide) groups is 1. The predicted molar refractivity (Wildman–Crippen MR) is 143 cm³/mol. The molecule has 1 heterocycles. The van der Waals surface area contributed by atoms with Crippen LogP contribution in [0.3, 0.4) is 0 Å². The highest BCUT2D eigenvalue weighted by molar-refractivity contribution is 8.00. The molecule has 0 aliphatic rings. The average molecular weight is 487 g/mol. The molecule has 1 amide bonds. The molecule has 35 heavy (non-hydrogen) atoms. The Kier molecular flexibility index (Phi) is 7.56. The van der Waals surface area contributed by atoms with E-state index in [0.29, 0.717) is 16.9 Å². The van der Waals surface area contributed by atoms with E-state index in [1.807, 2.05) is 85.1 Å². The minimum absolute atomic E-state index is 0.0725. The monoisotopic (exact) mass is 486 g/mol. The van der Waals surface area contributed by atoms with Crippen LogP contribution in [0, 0.1) is 6.92 Å². The van der Waals surface area contributed by atoms with Crippen LogP contribution in [0.1, 0.15) is 37.8 Å². The Morgan fingerprint density at radius 1 is 0.943 bits per heavy atom. The highest BCUT2D eigenvalue weighted by Crippen LogP contribution is 2.32. The van der Waals surface area contributed by atoms with Crippen LogP contribution in [0.15, 0.2) is 78.0 Å². The topological polar surface area (TPSA) is 69.0 Å². The Labute approximate surface area is 210 Å². The second-order valence-corrected chi connectivity index (χ2v) is 9.96. The van der Waals surface area contributed by atoms with Crippen LogP contribution in [-0.4, -0.2) is 33.0 Å². The summed E-state index contributed by atoms with van der Waals surface area (Å²) in [6.07, 6.45) is 0. The van der Waals surface area contributed by atoms with Crippen LogP contribution in [0.5, 0.6) is 5.75 Å². The number of benzene rings is 3. The molecule has 1 unspecified atom stereocenters. The van der Waals surface area contributed by atoms with Crippen LogP contribution >= 0.6 is 11.8 Å². The van der Waals surface area contributed by atoms with E-state index >= 15 is 0 Å². The first-order valence-electron chi connectivity index (χ1n) is 11.6. The van der Waals surface area contributed by atoms with Gasteiger partial charge in [-0.05, 0) is 55.2 Å². The van der Waals surface area contributed by atoms with E-state index in [9.17, 15) is 4.79 Å². The van der Waals surface area contributed by atoms with Gasteiger partial charge in [0.25, 0.3) is 0 Å². The Hall–Kier alpha value is -3.58. The van der Waals surface area contributed by atoms with Crippen LogP contribution in [-0.2, 0) is 4.79 Å². The standard InChI is InChI=1S/C28H30N4O2S/c1-18(2)24-13-9-10-19(3)25(24)29-27(33)20(4)35-28-31-30-26(21-11-7-6-8-12-21)32(28)22-14-16-23(34-5)17-15-22/h6-18,20H,1-5H3,(H,29,33). The minimum Gasteiger partial charge on any atom is -0.497 e. The molecule has 3 aromatic carbocycles. The second-order valence-electron chi connectivity index (χ2n) is 8.65. The fourth-order valence-electron chi connectivity index (χ4n) is 3.86. The highest BCUT2D eigenvalue weighted by atomic mass is 32.2. The van der Waals surface area contributed by atoms with Crippen molar-refractivity contribution in [1.82, 2.24) is 14.8 Å². The lowest BCUT2D eigenvalue weighted by atomic mass is 9.98. The van der Waals surface area contributed by atoms with Gasteiger partial charge in [-0.15, -0.1) is 10.2 Å². The lowest BCUT2D eigenvalue weighted by Crippen LogP contribution is -2.24. The first-order valence-corrected chi connectivity index (χ1v) is 12.5. The van der Waals surface area contributed by atoms with E-state index in [4.69, 9.17) is 4.74 Å². The number of carbonyl (C=O) groups is 1. The Bertz CT molecular complexity index is 1300. The molecule has 7 heteroatoms. The number of aromatic nitrogens is 3. The summed E-state index contributed by atoms with van der Waals surface area (Å²) in [4.78, 5) is 13.2. The van der Waals surface area contributed by atoms with Gasteiger partial charge in [0.2, 0.25) is 5.91 Å². The summed E-state index contributed by atoms with van der Waals surface area (Å²) in [6, 6.07) is 23.8. The number of aryl methyl sites for hydroxylation is 1. The number of nitrogens with one attached hydrogen (secondary N) is 1. The number of nitrogens with zero attached hydrogens (tertiary/aromatic N) is 3. The summed E-state index contributed by atoms with van der Waals surface area (Å²) in [7, 11) is 1.64. The van der Waals surface area contributed by atoms with E-state index in [1.54, 1.807) is 7.11 Å². The molecule has 0 saturated heterocycles. The molecule has 0 radical (unpaired) electrons. The van der Waals surface area contributed by atoms with E-state index in [0.717, 1.165) is 33.8 Å². The molecule has 0 aliphatic heterocycles. The third-order valence-corrected chi connectivity index (χ3v) is 6.87. The molecular weight excluding hydrogens is 456 g/mol. The molecule has 0 aliphatic carbocycles. The van der Waals surface area contributed by atoms with Gasteiger partial charge in [0.05, 0.1) is 12.4 Å². The van der Waals surface area contributed by atoms with Crippen molar-refractivity contribution in [2.75, 3.05) is 12.4 Å². The normalized spacial score (nSPS) is 11.9. The summed E-state index contributed by atoms with van der Waals surface area (Å²) in [5.74, 6) is 1.72. The van der Waals surface area contributed by atoms with Crippen molar-refractivity contribution in [2.24, 2.45) is 0 Å². The zero-order valence-corrected chi connectivity index (χ0v) is 21.5. The summed E-state index contributed by atoms with van der Waals surface area (Å²) in [5, 5.41) is 12.4. The third-order valence-electron chi connectivity index (χ3n) is 5.82.